The predicted molar refractivity (Wildman–Crippen MR) is 99.3 cm³/mol. The molecule has 0 saturated heterocycles. The highest BCUT2D eigenvalue weighted by Crippen LogP contribution is 2.37. The molecule has 0 spiro atoms. The minimum absolute atomic E-state index is 0.0716. The molecule has 7 heteroatoms. The van der Waals surface area contributed by atoms with Crippen molar-refractivity contribution in [1.82, 2.24) is 0 Å². The van der Waals surface area contributed by atoms with Gasteiger partial charge in [-0.15, -0.1) is 0 Å². The molecule has 3 aromatic carbocycles. The Morgan fingerprint density at radius 3 is 2.14 bits per heavy atom. The quantitative estimate of drug-likeness (QED) is 0.662. The van der Waals surface area contributed by atoms with Crippen LogP contribution in [0.5, 0.6) is 5.75 Å². The molecule has 0 unspecified atom stereocenters. The lowest BCUT2D eigenvalue weighted by molar-refractivity contribution is -0.137. The molecule has 0 radical (unpaired) electrons. The number of fused-ring (bicyclic) bond motifs is 1. The predicted octanol–water partition coefficient (Wildman–Crippen LogP) is 5.21. The van der Waals surface area contributed by atoms with Crippen LogP contribution in [-0.4, -0.2) is 16.7 Å². The Balaban J connectivity index is 1.77. The summed E-state index contributed by atoms with van der Waals surface area (Å²) in [6.07, 6.45) is -4.43. The second-order valence-electron chi connectivity index (χ2n) is 6.18. The highest BCUT2D eigenvalue weighted by atomic mass is 19.4. The summed E-state index contributed by atoms with van der Waals surface area (Å²) in [7, 11) is 0. The molecule has 1 aliphatic heterocycles. The fourth-order valence-corrected chi connectivity index (χ4v) is 3.02. The van der Waals surface area contributed by atoms with Crippen molar-refractivity contribution >= 4 is 28.7 Å². The monoisotopic (exact) mass is 382 g/mol. The lowest BCUT2D eigenvalue weighted by Crippen LogP contribution is -2.25. The van der Waals surface area contributed by atoms with Gasteiger partial charge in [-0.1, -0.05) is 18.2 Å². The average Bonchev–Trinajstić information content (AvgIpc) is 2.94. The van der Waals surface area contributed by atoms with E-state index in [4.69, 9.17) is 0 Å². The van der Waals surface area contributed by atoms with Gasteiger partial charge in [0.2, 0.25) is 0 Å². The number of aliphatic imine (C=N–C) groups is 1. The highest BCUT2D eigenvalue weighted by molar-refractivity contribution is 6.56. The van der Waals surface area contributed by atoms with Crippen LogP contribution in [-0.2, 0) is 11.0 Å². The van der Waals surface area contributed by atoms with Crippen LogP contribution in [0.1, 0.15) is 11.1 Å². The third-order valence-electron chi connectivity index (χ3n) is 4.35. The molecule has 0 aromatic heterocycles. The Labute approximate surface area is 158 Å². The fraction of sp³-hybridized carbons (Fsp3) is 0.0476. The first kappa shape index (κ1) is 17.8. The number of aromatic hydroxyl groups is 1. The van der Waals surface area contributed by atoms with E-state index in [9.17, 15) is 23.1 Å². The molecule has 1 aliphatic rings. The van der Waals surface area contributed by atoms with Crippen LogP contribution in [0.25, 0.3) is 0 Å². The molecule has 140 valence electrons. The lowest BCUT2D eigenvalue weighted by Gasteiger charge is -2.16. The van der Waals surface area contributed by atoms with Gasteiger partial charge in [-0.25, -0.2) is 4.99 Å². The molecule has 28 heavy (non-hydrogen) atoms. The summed E-state index contributed by atoms with van der Waals surface area (Å²) in [6, 6.07) is 17.5. The topological polar surface area (TPSA) is 52.9 Å². The minimum Gasteiger partial charge on any atom is -0.508 e. The average molecular weight is 382 g/mol. The molecule has 0 fully saturated rings. The van der Waals surface area contributed by atoms with E-state index >= 15 is 0 Å². The smallest absolute Gasteiger partial charge is 0.416 e. The Bertz CT molecular complexity index is 1070. The number of phenolic OH excluding ortho intramolecular Hbond substituents is 1. The summed E-state index contributed by atoms with van der Waals surface area (Å²) in [5.41, 5.74) is 1.36. The zero-order chi connectivity index (χ0) is 19.9. The zero-order valence-electron chi connectivity index (χ0n) is 14.3. The number of alkyl halides is 3. The molecule has 0 bridgehead atoms. The summed E-state index contributed by atoms with van der Waals surface area (Å²) in [5, 5.41) is 9.48. The molecule has 1 N–H and O–H groups in total. The van der Waals surface area contributed by atoms with Gasteiger partial charge in [-0.05, 0) is 54.6 Å². The van der Waals surface area contributed by atoms with Crippen LogP contribution < -0.4 is 4.90 Å². The lowest BCUT2D eigenvalue weighted by atomic mass is 10.1. The molecule has 1 amide bonds. The summed E-state index contributed by atoms with van der Waals surface area (Å²) >= 11 is 0. The highest BCUT2D eigenvalue weighted by Gasteiger charge is 2.35. The molecule has 1 heterocycles. The number of amides is 1. The molecular formula is C21H13F3N2O2. The van der Waals surface area contributed by atoms with E-state index in [1.807, 2.05) is 0 Å². The van der Waals surface area contributed by atoms with Crippen molar-refractivity contribution in [3.8, 4) is 5.75 Å². The van der Waals surface area contributed by atoms with Crippen molar-refractivity contribution in [3.63, 3.8) is 0 Å². The van der Waals surface area contributed by atoms with Gasteiger partial charge in [-0.2, -0.15) is 13.2 Å². The van der Waals surface area contributed by atoms with Gasteiger partial charge in [0.1, 0.15) is 11.5 Å². The zero-order valence-corrected chi connectivity index (χ0v) is 14.3. The van der Waals surface area contributed by atoms with Crippen LogP contribution in [0.3, 0.4) is 0 Å². The molecule has 4 nitrogen and oxygen atoms in total. The maximum absolute atomic E-state index is 13.0. The SMILES string of the molecule is O=C1C(=Nc2ccc(C(F)(F)F)cc2)c2ccccc2N1c1ccc(O)cc1. The van der Waals surface area contributed by atoms with E-state index in [1.54, 1.807) is 36.4 Å². The van der Waals surface area contributed by atoms with Crippen LogP contribution in [0.15, 0.2) is 77.8 Å². The minimum atomic E-state index is -4.43. The number of carbonyl (C=O) groups excluding carboxylic acids is 1. The number of hydrogen-bond donors (Lipinski definition) is 1. The Morgan fingerprint density at radius 1 is 0.857 bits per heavy atom. The van der Waals surface area contributed by atoms with Crippen LogP contribution in [0.2, 0.25) is 0 Å². The van der Waals surface area contributed by atoms with Gasteiger partial charge in [0, 0.05) is 11.3 Å². The second kappa shape index (κ2) is 6.53. The van der Waals surface area contributed by atoms with Crippen LogP contribution in [0, 0.1) is 0 Å². The third kappa shape index (κ3) is 3.11. The van der Waals surface area contributed by atoms with E-state index < -0.39 is 17.6 Å². The van der Waals surface area contributed by atoms with Crippen molar-refractivity contribution in [2.75, 3.05) is 4.90 Å². The Hall–Kier alpha value is -3.61. The van der Waals surface area contributed by atoms with Gasteiger partial charge < -0.3 is 5.11 Å². The van der Waals surface area contributed by atoms with Crippen molar-refractivity contribution < 1.29 is 23.1 Å². The summed E-state index contributed by atoms with van der Waals surface area (Å²) in [6.45, 7) is 0. The second-order valence-corrected chi connectivity index (χ2v) is 6.18. The number of anilines is 2. The summed E-state index contributed by atoms with van der Waals surface area (Å²) in [5.74, 6) is -0.325. The van der Waals surface area contributed by atoms with E-state index in [2.05, 4.69) is 4.99 Å². The molecule has 0 atom stereocenters. The fourth-order valence-electron chi connectivity index (χ4n) is 3.02. The standard InChI is InChI=1S/C21H13F3N2O2/c22-21(23,24)13-5-7-14(8-6-13)25-19-17-3-1-2-4-18(17)26(20(19)28)15-9-11-16(27)12-10-15/h1-12,27H. The van der Waals surface area contributed by atoms with Crippen molar-refractivity contribution in [3.05, 3.63) is 83.9 Å². The Kier molecular flexibility index (Phi) is 4.15. The van der Waals surface area contributed by atoms with Gasteiger partial charge in [-0.3, -0.25) is 9.69 Å². The molecule has 0 aliphatic carbocycles. The number of halogens is 3. The number of phenols is 1. The van der Waals surface area contributed by atoms with Crippen LogP contribution in [0.4, 0.5) is 30.2 Å². The number of rotatable bonds is 2. The normalized spacial score (nSPS) is 15.2. The number of hydrogen-bond acceptors (Lipinski definition) is 3. The Morgan fingerprint density at radius 2 is 1.50 bits per heavy atom. The first-order valence-corrected chi connectivity index (χ1v) is 8.33. The van der Waals surface area contributed by atoms with E-state index in [-0.39, 0.29) is 17.1 Å². The summed E-state index contributed by atoms with van der Waals surface area (Å²) < 4.78 is 38.2. The van der Waals surface area contributed by atoms with Crippen molar-refractivity contribution in [2.24, 2.45) is 4.99 Å². The van der Waals surface area contributed by atoms with Gasteiger partial charge >= 0.3 is 6.18 Å². The number of benzene rings is 3. The third-order valence-corrected chi connectivity index (χ3v) is 4.35. The van der Waals surface area contributed by atoms with Gasteiger partial charge in [0.15, 0.2) is 0 Å². The largest absolute Gasteiger partial charge is 0.508 e. The maximum Gasteiger partial charge on any atom is 0.416 e. The first-order chi connectivity index (χ1) is 13.3. The number of nitrogens with zero attached hydrogens (tertiary/aromatic N) is 2. The molecule has 3 aromatic rings. The van der Waals surface area contributed by atoms with E-state index in [0.717, 1.165) is 12.1 Å². The van der Waals surface area contributed by atoms with Gasteiger partial charge in [0.25, 0.3) is 5.91 Å². The first-order valence-electron chi connectivity index (χ1n) is 8.33. The number of carbonyl (C=O) groups is 1. The molecule has 0 saturated carbocycles. The molecular weight excluding hydrogens is 369 g/mol. The summed E-state index contributed by atoms with van der Waals surface area (Å²) in [4.78, 5) is 18.8. The van der Waals surface area contributed by atoms with Crippen LogP contribution >= 0.6 is 0 Å². The van der Waals surface area contributed by atoms with E-state index in [1.165, 1.54) is 29.2 Å². The van der Waals surface area contributed by atoms with Crippen molar-refractivity contribution in [2.45, 2.75) is 6.18 Å². The van der Waals surface area contributed by atoms with Gasteiger partial charge in [0.05, 0.1) is 16.9 Å². The van der Waals surface area contributed by atoms with E-state index in [0.29, 0.717) is 16.9 Å². The number of para-hydroxylation sites is 1. The maximum atomic E-state index is 13.0. The van der Waals surface area contributed by atoms with Crippen molar-refractivity contribution in [1.29, 1.82) is 0 Å². The molecule has 4 rings (SSSR count).